The maximum Gasteiger partial charge on any atom is 0.348 e. The van der Waals surface area contributed by atoms with Crippen LogP contribution in [0.4, 0.5) is 0 Å². The summed E-state index contributed by atoms with van der Waals surface area (Å²) in [6, 6.07) is 24.2. The van der Waals surface area contributed by atoms with Gasteiger partial charge in [0.25, 0.3) is 0 Å². The average molecular weight is 446 g/mol. The average Bonchev–Trinajstić information content (AvgIpc) is 2.85. The van der Waals surface area contributed by atoms with E-state index in [0.717, 1.165) is 55.5 Å². The number of benzene rings is 2. The highest BCUT2D eigenvalue weighted by atomic mass is 16.6. The highest BCUT2D eigenvalue weighted by Gasteiger charge is 2.44. The lowest BCUT2D eigenvalue weighted by atomic mass is 9.86. The molecule has 0 bridgehead atoms. The molecule has 3 aromatic rings. The van der Waals surface area contributed by atoms with E-state index >= 15 is 0 Å². The van der Waals surface area contributed by atoms with Crippen LogP contribution in [0.25, 0.3) is 0 Å². The number of pyridine rings is 1. The van der Waals surface area contributed by atoms with Gasteiger partial charge in [0.05, 0.1) is 20.1 Å². The molecule has 4 rings (SSSR count). The van der Waals surface area contributed by atoms with E-state index in [1.165, 1.54) is 0 Å². The Balaban J connectivity index is 1.44. The Morgan fingerprint density at radius 3 is 2.27 bits per heavy atom. The standard InChI is InChI=1S/C28H33N2O3/c1-30(20-10-17-25-16-8-9-19-29-25)21-11-18-26(22-30)33-27(31)28(32,23-12-4-2-5-13-23)24-14-6-3-7-15-24/h2-9,12-16,19,26,32H,10-11,17-18,20-22H2,1H3/q+1. The van der Waals surface area contributed by atoms with Gasteiger partial charge < -0.3 is 14.3 Å². The highest BCUT2D eigenvalue weighted by Crippen LogP contribution is 2.32. The largest absolute Gasteiger partial charge is 0.454 e. The fraction of sp³-hybridized carbons (Fsp3) is 0.357. The van der Waals surface area contributed by atoms with Crippen LogP contribution in [0, 0.1) is 0 Å². The smallest absolute Gasteiger partial charge is 0.348 e. The molecule has 0 aliphatic carbocycles. The second-order valence-corrected chi connectivity index (χ2v) is 9.29. The Kier molecular flexibility index (Phi) is 7.21. The highest BCUT2D eigenvalue weighted by molar-refractivity contribution is 5.85. The predicted octanol–water partition coefficient (Wildman–Crippen LogP) is 4.10. The van der Waals surface area contributed by atoms with Crippen molar-refractivity contribution in [2.75, 3.05) is 26.7 Å². The molecule has 33 heavy (non-hydrogen) atoms. The number of likely N-dealkylation sites (N-methyl/N-ethyl adjacent to an activating group) is 1. The van der Waals surface area contributed by atoms with Crippen molar-refractivity contribution in [1.29, 1.82) is 0 Å². The van der Waals surface area contributed by atoms with E-state index < -0.39 is 11.6 Å². The van der Waals surface area contributed by atoms with Crippen LogP contribution in [0.5, 0.6) is 0 Å². The van der Waals surface area contributed by atoms with Crippen molar-refractivity contribution >= 4 is 5.97 Å². The maximum absolute atomic E-state index is 13.5. The molecule has 1 aromatic heterocycles. The van der Waals surface area contributed by atoms with Crippen LogP contribution in [-0.2, 0) is 21.6 Å². The van der Waals surface area contributed by atoms with Crippen molar-refractivity contribution in [3.8, 4) is 0 Å². The number of aliphatic hydroxyl groups is 1. The Labute approximate surface area is 196 Å². The van der Waals surface area contributed by atoms with E-state index in [0.29, 0.717) is 11.1 Å². The number of carbonyl (C=O) groups is 1. The summed E-state index contributed by atoms with van der Waals surface area (Å²) < 4.78 is 6.87. The topological polar surface area (TPSA) is 59.4 Å². The van der Waals surface area contributed by atoms with Crippen molar-refractivity contribution < 1.29 is 19.1 Å². The zero-order valence-electron chi connectivity index (χ0n) is 19.3. The maximum atomic E-state index is 13.5. The molecule has 1 N–H and O–H groups in total. The lowest BCUT2D eigenvalue weighted by Crippen LogP contribution is -2.55. The molecule has 2 unspecified atom stereocenters. The minimum absolute atomic E-state index is 0.218. The zero-order chi connectivity index (χ0) is 23.2. The molecule has 5 heteroatoms. The molecule has 2 heterocycles. The van der Waals surface area contributed by atoms with Crippen LogP contribution in [0.1, 0.15) is 36.1 Å². The van der Waals surface area contributed by atoms with Crippen LogP contribution >= 0.6 is 0 Å². The summed E-state index contributed by atoms with van der Waals surface area (Å²) in [5, 5.41) is 11.7. The summed E-state index contributed by atoms with van der Waals surface area (Å²) in [4.78, 5) is 17.9. The van der Waals surface area contributed by atoms with Crippen molar-refractivity contribution in [3.05, 3.63) is 102 Å². The third-order valence-electron chi connectivity index (χ3n) is 6.68. The van der Waals surface area contributed by atoms with E-state index in [9.17, 15) is 9.90 Å². The SMILES string of the molecule is C[N+]1(CCCc2ccccn2)CCCC(OC(=O)C(O)(c2ccccc2)c2ccccc2)C1. The van der Waals surface area contributed by atoms with Gasteiger partial charge in [0.15, 0.2) is 6.10 Å². The number of piperidine rings is 1. The number of quaternary nitrogens is 1. The fourth-order valence-electron chi connectivity index (χ4n) is 4.86. The molecule has 1 aliphatic heterocycles. The lowest BCUT2D eigenvalue weighted by Gasteiger charge is -2.41. The quantitative estimate of drug-likeness (QED) is 0.419. The van der Waals surface area contributed by atoms with E-state index in [1.807, 2.05) is 54.7 Å². The third kappa shape index (κ3) is 5.49. The minimum Gasteiger partial charge on any atom is -0.454 e. The molecular weight excluding hydrogens is 412 g/mol. The van der Waals surface area contributed by atoms with Gasteiger partial charge in [-0.1, -0.05) is 66.7 Å². The number of hydrogen-bond donors (Lipinski definition) is 1. The molecule has 0 spiro atoms. The van der Waals surface area contributed by atoms with Gasteiger partial charge in [-0.25, -0.2) is 4.79 Å². The molecule has 1 saturated heterocycles. The van der Waals surface area contributed by atoms with Gasteiger partial charge in [-0.15, -0.1) is 0 Å². The number of esters is 1. The Hall–Kier alpha value is -3.02. The number of likely N-dealkylation sites (tertiary alicyclic amines) is 1. The van der Waals surface area contributed by atoms with Gasteiger partial charge in [-0.3, -0.25) is 4.98 Å². The first kappa shape index (κ1) is 23.1. The second-order valence-electron chi connectivity index (χ2n) is 9.29. The first-order chi connectivity index (χ1) is 16.0. The first-order valence-electron chi connectivity index (χ1n) is 11.8. The number of rotatable bonds is 8. The number of carbonyl (C=O) groups excluding carboxylic acids is 1. The van der Waals surface area contributed by atoms with Crippen LogP contribution in [-0.4, -0.2) is 53.3 Å². The second kappa shape index (κ2) is 10.3. The van der Waals surface area contributed by atoms with Crippen LogP contribution in [0.2, 0.25) is 0 Å². The van der Waals surface area contributed by atoms with E-state index in [1.54, 1.807) is 24.3 Å². The van der Waals surface area contributed by atoms with Crippen molar-refractivity contribution in [2.45, 2.75) is 37.4 Å². The Bertz CT molecular complexity index is 987. The van der Waals surface area contributed by atoms with E-state index in [4.69, 9.17) is 4.74 Å². The van der Waals surface area contributed by atoms with E-state index in [2.05, 4.69) is 18.1 Å². The molecule has 1 aliphatic rings. The number of hydrogen-bond acceptors (Lipinski definition) is 4. The molecule has 0 radical (unpaired) electrons. The first-order valence-corrected chi connectivity index (χ1v) is 11.8. The number of aromatic nitrogens is 1. The van der Waals surface area contributed by atoms with Gasteiger partial charge in [0.2, 0.25) is 5.60 Å². The summed E-state index contributed by atoms with van der Waals surface area (Å²) in [5.74, 6) is -0.605. The van der Waals surface area contributed by atoms with E-state index in [-0.39, 0.29) is 6.10 Å². The summed E-state index contributed by atoms with van der Waals surface area (Å²) in [6.07, 6.45) is 5.41. The Morgan fingerprint density at radius 2 is 1.67 bits per heavy atom. The number of ether oxygens (including phenoxy) is 1. The predicted molar refractivity (Wildman–Crippen MR) is 128 cm³/mol. The van der Waals surface area contributed by atoms with Gasteiger partial charge >= 0.3 is 5.97 Å². The third-order valence-corrected chi connectivity index (χ3v) is 6.68. The summed E-state index contributed by atoms with van der Waals surface area (Å²) in [7, 11) is 2.24. The number of aryl methyl sites for hydroxylation is 1. The van der Waals surface area contributed by atoms with Crippen molar-refractivity contribution in [2.24, 2.45) is 0 Å². The monoisotopic (exact) mass is 445 g/mol. The summed E-state index contributed by atoms with van der Waals surface area (Å²) >= 11 is 0. The van der Waals surface area contributed by atoms with Gasteiger partial charge in [-0.05, 0) is 36.1 Å². The molecule has 0 amide bonds. The lowest BCUT2D eigenvalue weighted by molar-refractivity contribution is -0.917. The van der Waals surface area contributed by atoms with Crippen LogP contribution < -0.4 is 0 Å². The molecule has 2 atom stereocenters. The normalized spacial score (nSPS) is 20.8. The van der Waals surface area contributed by atoms with Crippen LogP contribution in [0.3, 0.4) is 0 Å². The molecule has 0 saturated carbocycles. The van der Waals surface area contributed by atoms with Gasteiger partial charge in [0, 0.05) is 24.7 Å². The molecule has 2 aromatic carbocycles. The fourth-order valence-corrected chi connectivity index (χ4v) is 4.86. The Morgan fingerprint density at radius 1 is 1.03 bits per heavy atom. The van der Waals surface area contributed by atoms with Crippen molar-refractivity contribution in [1.82, 2.24) is 4.98 Å². The molecule has 5 nitrogen and oxygen atoms in total. The van der Waals surface area contributed by atoms with Gasteiger partial charge in [0.1, 0.15) is 6.54 Å². The molecule has 172 valence electrons. The van der Waals surface area contributed by atoms with Crippen molar-refractivity contribution in [3.63, 3.8) is 0 Å². The number of nitrogens with zero attached hydrogens (tertiary/aromatic N) is 2. The van der Waals surface area contributed by atoms with Gasteiger partial charge in [-0.2, -0.15) is 0 Å². The minimum atomic E-state index is -1.83. The molecular formula is C28H33N2O3+. The van der Waals surface area contributed by atoms with Crippen LogP contribution in [0.15, 0.2) is 85.1 Å². The summed E-state index contributed by atoms with van der Waals surface area (Å²) in [5.41, 5.74) is 0.316. The molecule has 1 fully saturated rings. The summed E-state index contributed by atoms with van der Waals surface area (Å²) in [6.45, 7) is 2.83. The zero-order valence-corrected chi connectivity index (χ0v) is 19.3.